The van der Waals surface area contributed by atoms with Crippen LogP contribution in [0.5, 0.6) is 0 Å². The minimum Gasteiger partial charge on any atom is -0.462 e. The molecule has 0 rings (SSSR count). The Morgan fingerprint density at radius 1 is 0.317 bits per heavy atom. The summed E-state index contributed by atoms with van der Waals surface area (Å²) >= 11 is 0. The van der Waals surface area contributed by atoms with Gasteiger partial charge in [-0.05, 0) is 51.4 Å². The van der Waals surface area contributed by atoms with Crippen molar-refractivity contribution in [2.75, 3.05) is 13.2 Å². The molecule has 0 radical (unpaired) electrons. The molecule has 0 saturated heterocycles. The molecule has 370 valence electrons. The zero-order chi connectivity index (χ0) is 45.8. The van der Waals surface area contributed by atoms with E-state index in [1.807, 2.05) is 0 Å². The maximum atomic E-state index is 12.8. The van der Waals surface area contributed by atoms with Gasteiger partial charge in [-0.25, -0.2) is 0 Å². The van der Waals surface area contributed by atoms with Crippen LogP contribution < -0.4 is 0 Å². The highest BCUT2D eigenvalue weighted by atomic mass is 16.6. The Balaban J connectivity index is 4.21. The molecule has 0 saturated carbocycles. The second kappa shape index (κ2) is 52.5. The van der Waals surface area contributed by atoms with E-state index in [0.29, 0.717) is 19.3 Å². The highest BCUT2D eigenvalue weighted by Crippen LogP contribution is 2.17. The maximum absolute atomic E-state index is 12.8. The molecule has 63 heavy (non-hydrogen) atoms. The summed E-state index contributed by atoms with van der Waals surface area (Å²) in [5, 5.41) is 0. The van der Waals surface area contributed by atoms with Crippen LogP contribution in [0.2, 0.25) is 0 Å². The standard InChI is InChI=1S/C57H106O6/c1-4-7-10-13-16-19-21-23-25-27-28-29-31-32-34-36-38-41-44-47-50-56(59)62-53-54(52-61-55(58)49-46-43-40-18-15-12-9-6-3)63-57(60)51-48-45-42-39-37-35-33-30-26-24-22-20-17-14-11-8-5-2/h17,20,24,26,54H,4-16,18-19,21-23,25,27-53H2,1-3H3/b20-17-,26-24-. The van der Waals surface area contributed by atoms with Gasteiger partial charge in [0, 0.05) is 19.3 Å². The van der Waals surface area contributed by atoms with Gasteiger partial charge in [-0.3, -0.25) is 14.4 Å². The SMILES string of the molecule is CCCCC/C=C\C/C=C\CCCCCCCCCC(=O)OC(COC(=O)CCCCCCCCCC)COC(=O)CCCCCCCCCCCCCCCCCCCCCC. The van der Waals surface area contributed by atoms with Crippen molar-refractivity contribution in [3.05, 3.63) is 24.3 Å². The molecule has 0 aromatic rings. The summed E-state index contributed by atoms with van der Waals surface area (Å²) in [5.74, 6) is -0.865. The van der Waals surface area contributed by atoms with Crippen molar-refractivity contribution in [3.63, 3.8) is 0 Å². The Hall–Kier alpha value is -2.11. The third-order valence-corrected chi connectivity index (χ3v) is 12.5. The fourth-order valence-electron chi connectivity index (χ4n) is 8.24. The first kappa shape index (κ1) is 60.9. The summed E-state index contributed by atoms with van der Waals surface area (Å²) in [6, 6.07) is 0. The van der Waals surface area contributed by atoms with Crippen LogP contribution in [0.4, 0.5) is 0 Å². The lowest BCUT2D eigenvalue weighted by molar-refractivity contribution is -0.167. The lowest BCUT2D eigenvalue weighted by atomic mass is 10.0. The number of esters is 3. The molecule has 0 aromatic heterocycles. The van der Waals surface area contributed by atoms with Crippen LogP contribution in [0.15, 0.2) is 24.3 Å². The second-order valence-corrected chi connectivity index (χ2v) is 18.9. The molecule has 6 nitrogen and oxygen atoms in total. The Bertz CT molecular complexity index is 1020. The minimum atomic E-state index is -0.769. The zero-order valence-corrected chi connectivity index (χ0v) is 42.4. The molecule has 0 amide bonds. The third-order valence-electron chi connectivity index (χ3n) is 12.5. The molecule has 1 atom stereocenters. The predicted octanol–water partition coefficient (Wildman–Crippen LogP) is 18.3. The zero-order valence-electron chi connectivity index (χ0n) is 42.4. The number of carbonyl (C=O) groups excluding carboxylic acids is 3. The van der Waals surface area contributed by atoms with Crippen molar-refractivity contribution in [3.8, 4) is 0 Å². The number of rotatable bonds is 51. The van der Waals surface area contributed by atoms with Gasteiger partial charge in [0.25, 0.3) is 0 Å². The van der Waals surface area contributed by atoms with Gasteiger partial charge in [0.1, 0.15) is 13.2 Å². The van der Waals surface area contributed by atoms with Gasteiger partial charge in [0.15, 0.2) is 6.10 Å². The maximum Gasteiger partial charge on any atom is 0.306 e. The first-order chi connectivity index (χ1) is 31.0. The van der Waals surface area contributed by atoms with E-state index in [0.717, 1.165) is 70.6 Å². The van der Waals surface area contributed by atoms with E-state index in [1.54, 1.807) is 0 Å². The third kappa shape index (κ3) is 50.7. The Morgan fingerprint density at radius 3 is 0.905 bits per heavy atom. The number of carbonyl (C=O) groups is 3. The first-order valence-corrected chi connectivity index (χ1v) is 27.8. The van der Waals surface area contributed by atoms with Crippen molar-refractivity contribution >= 4 is 17.9 Å². The van der Waals surface area contributed by atoms with Crippen molar-refractivity contribution in [2.45, 2.75) is 309 Å². The van der Waals surface area contributed by atoms with E-state index in [4.69, 9.17) is 14.2 Å². The van der Waals surface area contributed by atoms with E-state index >= 15 is 0 Å². The lowest BCUT2D eigenvalue weighted by Crippen LogP contribution is -2.30. The van der Waals surface area contributed by atoms with Gasteiger partial charge in [0.2, 0.25) is 0 Å². The van der Waals surface area contributed by atoms with Crippen molar-refractivity contribution in [1.82, 2.24) is 0 Å². The summed E-state index contributed by atoms with van der Waals surface area (Å²) in [4.78, 5) is 37.9. The molecule has 6 heteroatoms. The summed E-state index contributed by atoms with van der Waals surface area (Å²) in [6.45, 7) is 6.62. The average Bonchev–Trinajstić information content (AvgIpc) is 3.28. The Morgan fingerprint density at radius 2 is 0.571 bits per heavy atom. The van der Waals surface area contributed by atoms with Gasteiger partial charge in [0.05, 0.1) is 0 Å². The molecule has 0 fully saturated rings. The highest BCUT2D eigenvalue weighted by molar-refractivity contribution is 5.71. The van der Waals surface area contributed by atoms with Crippen LogP contribution in [0, 0.1) is 0 Å². The van der Waals surface area contributed by atoms with Crippen LogP contribution in [0.3, 0.4) is 0 Å². The van der Waals surface area contributed by atoms with Crippen LogP contribution in [0.1, 0.15) is 303 Å². The number of unbranched alkanes of at least 4 members (excludes halogenated alkanes) is 36. The first-order valence-electron chi connectivity index (χ1n) is 27.8. The Labute approximate surface area is 392 Å². The van der Waals surface area contributed by atoms with Crippen LogP contribution in [-0.2, 0) is 28.6 Å². The largest absolute Gasteiger partial charge is 0.462 e. The molecule has 0 aliphatic carbocycles. The molecule has 0 heterocycles. The summed E-state index contributed by atoms with van der Waals surface area (Å²) in [7, 11) is 0. The fourth-order valence-corrected chi connectivity index (χ4v) is 8.24. The van der Waals surface area contributed by atoms with Crippen LogP contribution in [0.25, 0.3) is 0 Å². The molecule has 0 aliphatic heterocycles. The van der Waals surface area contributed by atoms with Crippen LogP contribution >= 0.6 is 0 Å². The fraction of sp³-hybridized carbons (Fsp3) is 0.877. The number of hydrogen-bond donors (Lipinski definition) is 0. The predicted molar refractivity (Wildman–Crippen MR) is 270 cm³/mol. The van der Waals surface area contributed by atoms with Crippen molar-refractivity contribution < 1.29 is 28.6 Å². The molecular formula is C57H106O6. The second-order valence-electron chi connectivity index (χ2n) is 18.9. The van der Waals surface area contributed by atoms with Crippen molar-refractivity contribution in [1.29, 1.82) is 0 Å². The van der Waals surface area contributed by atoms with Gasteiger partial charge < -0.3 is 14.2 Å². The molecule has 0 N–H and O–H groups in total. The lowest BCUT2D eigenvalue weighted by Gasteiger charge is -2.18. The topological polar surface area (TPSA) is 78.9 Å². The average molecular weight is 887 g/mol. The monoisotopic (exact) mass is 887 g/mol. The highest BCUT2D eigenvalue weighted by Gasteiger charge is 2.19. The summed E-state index contributed by atoms with van der Waals surface area (Å²) < 4.78 is 16.8. The van der Waals surface area contributed by atoms with Crippen LogP contribution in [-0.4, -0.2) is 37.2 Å². The van der Waals surface area contributed by atoms with Gasteiger partial charge >= 0.3 is 17.9 Å². The number of allylic oxidation sites excluding steroid dienone is 4. The van der Waals surface area contributed by atoms with Gasteiger partial charge in [-0.2, -0.15) is 0 Å². The summed E-state index contributed by atoms with van der Waals surface area (Å²) in [6.07, 6.45) is 60.4. The van der Waals surface area contributed by atoms with E-state index in [9.17, 15) is 14.4 Å². The quantitative estimate of drug-likeness (QED) is 0.0262. The van der Waals surface area contributed by atoms with E-state index in [1.165, 1.54) is 193 Å². The molecule has 1 unspecified atom stereocenters. The smallest absolute Gasteiger partial charge is 0.306 e. The van der Waals surface area contributed by atoms with Crippen molar-refractivity contribution in [2.24, 2.45) is 0 Å². The molecule has 0 aromatic carbocycles. The molecule has 0 bridgehead atoms. The summed E-state index contributed by atoms with van der Waals surface area (Å²) in [5.41, 5.74) is 0. The van der Waals surface area contributed by atoms with Gasteiger partial charge in [-0.15, -0.1) is 0 Å². The normalized spacial score (nSPS) is 12.1. The number of hydrogen-bond acceptors (Lipinski definition) is 6. The van der Waals surface area contributed by atoms with Gasteiger partial charge in [-0.1, -0.05) is 257 Å². The Kier molecular flexibility index (Phi) is 50.8. The molecular weight excluding hydrogens is 781 g/mol. The minimum absolute atomic E-state index is 0.0697. The molecule has 0 aliphatic rings. The van der Waals surface area contributed by atoms with E-state index < -0.39 is 6.10 Å². The van der Waals surface area contributed by atoms with E-state index in [-0.39, 0.29) is 31.1 Å². The molecule has 0 spiro atoms. The van der Waals surface area contributed by atoms with E-state index in [2.05, 4.69) is 45.1 Å². The number of ether oxygens (including phenoxy) is 3.